The highest BCUT2D eigenvalue weighted by Gasteiger charge is 2.20. The molecule has 1 saturated carbocycles. The molecule has 0 atom stereocenters. The standard InChI is InChI=1S/C14H26N4/c1-3-17(4-2)8-5-9-18-12-15-10-14(18)11-16-13-6-7-13/h10,12-13,16H,3-9,11H2,1-2H3. The number of nitrogens with one attached hydrogen (secondary N) is 1. The van der Waals surface area contributed by atoms with E-state index in [0.29, 0.717) is 0 Å². The first kappa shape index (κ1) is 13.6. The van der Waals surface area contributed by atoms with Gasteiger partial charge < -0.3 is 14.8 Å². The average Bonchev–Trinajstić information content (AvgIpc) is 3.12. The predicted molar refractivity (Wildman–Crippen MR) is 74.5 cm³/mol. The maximum Gasteiger partial charge on any atom is 0.0948 e. The summed E-state index contributed by atoms with van der Waals surface area (Å²) >= 11 is 0. The molecule has 1 aromatic rings. The molecule has 102 valence electrons. The van der Waals surface area contributed by atoms with E-state index in [9.17, 15) is 0 Å². The molecule has 1 N–H and O–H groups in total. The third-order valence-corrected chi connectivity index (χ3v) is 3.72. The molecule has 0 aromatic carbocycles. The summed E-state index contributed by atoms with van der Waals surface area (Å²) in [5.74, 6) is 0. The van der Waals surface area contributed by atoms with Crippen LogP contribution in [-0.2, 0) is 13.1 Å². The van der Waals surface area contributed by atoms with Crippen LogP contribution in [0.5, 0.6) is 0 Å². The molecular formula is C14H26N4. The monoisotopic (exact) mass is 250 g/mol. The van der Waals surface area contributed by atoms with E-state index in [0.717, 1.165) is 32.2 Å². The molecule has 1 aromatic heterocycles. The van der Waals surface area contributed by atoms with E-state index in [4.69, 9.17) is 0 Å². The van der Waals surface area contributed by atoms with Gasteiger partial charge in [0, 0.05) is 25.3 Å². The fraction of sp³-hybridized carbons (Fsp3) is 0.786. The van der Waals surface area contributed by atoms with Crippen LogP contribution in [0.2, 0.25) is 0 Å². The van der Waals surface area contributed by atoms with E-state index in [1.807, 2.05) is 12.5 Å². The Hall–Kier alpha value is -0.870. The van der Waals surface area contributed by atoms with Gasteiger partial charge in [0.05, 0.1) is 12.0 Å². The highest BCUT2D eigenvalue weighted by Crippen LogP contribution is 2.19. The second-order valence-corrected chi connectivity index (χ2v) is 5.11. The number of nitrogens with zero attached hydrogens (tertiary/aromatic N) is 3. The van der Waals surface area contributed by atoms with Crippen molar-refractivity contribution in [2.45, 2.75) is 52.2 Å². The van der Waals surface area contributed by atoms with Gasteiger partial charge in [-0.1, -0.05) is 13.8 Å². The number of hydrogen-bond donors (Lipinski definition) is 1. The third kappa shape index (κ3) is 4.10. The SMILES string of the molecule is CCN(CC)CCCn1cncc1CNC1CC1. The first-order chi connectivity index (χ1) is 8.83. The summed E-state index contributed by atoms with van der Waals surface area (Å²) in [6.07, 6.45) is 7.85. The summed E-state index contributed by atoms with van der Waals surface area (Å²) in [7, 11) is 0. The van der Waals surface area contributed by atoms with E-state index in [2.05, 4.69) is 33.6 Å². The Morgan fingerprint density at radius 3 is 2.83 bits per heavy atom. The molecule has 1 aliphatic carbocycles. The third-order valence-electron chi connectivity index (χ3n) is 3.72. The fourth-order valence-electron chi connectivity index (χ4n) is 2.24. The minimum Gasteiger partial charge on any atom is -0.333 e. The van der Waals surface area contributed by atoms with Gasteiger partial charge in [0.2, 0.25) is 0 Å². The minimum atomic E-state index is 0.768. The van der Waals surface area contributed by atoms with E-state index in [-0.39, 0.29) is 0 Å². The molecule has 2 rings (SSSR count). The molecule has 0 amide bonds. The summed E-state index contributed by atoms with van der Waals surface area (Å²) in [6, 6.07) is 0.768. The van der Waals surface area contributed by atoms with Crippen molar-refractivity contribution >= 4 is 0 Å². The van der Waals surface area contributed by atoms with E-state index < -0.39 is 0 Å². The average molecular weight is 250 g/mol. The Bertz CT molecular complexity index is 339. The fourth-order valence-corrected chi connectivity index (χ4v) is 2.24. The van der Waals surface area contributed by atoms with Gasteiger partial charge in [0.15, 0.2) is 0 Å². The van der Waals surface area contributed by atoms with Gasteiger partial charge in [-0.05, 0) is 38.9 Å². The van der Waals surface area contributed by atoms with Crippen LogP contribution in [0, 0.1) is 0 Å². The summed E-state index contributed by atoms with van der Waals surface area (Å²) in [4.78, 5) is 6.74. The minimum absolute atomic E-state index is 0.768. The molecule has 0 radical (unpaired) electrons. The van der Waals surface area contributed by atoms with Gasteiger partial charge in [-0.25, -0.2) is 4.98 Å². The number of hydrogen-bond acceptors (Lipinski definition) is 3. The largest absolute Gasteiger partial charge is 0.333 e. The maximum atomic E-state index is 4.27. The first-order valence-corrected chi connectivity index (χ1v) is 7.28. The van der Waals surface area contributed by atoms with Crippen LogP contribution in [0.15, 0.2) is 12.5 Å². The zero-order valence-corrected chi connectivity index (χ0v) is 11.7. The van der Waals surface area contributed by atoms with E-state index in [1.54, 1.807) is 0 Å². The van der Waals surface area contributed by atoms with Gasteiger partial charge in [-0.3, -0.25) is 0 Å². The molecule has 0 unspecified atom stereocenters. The first-order valence-electron chi connectivity index (χ1n) is 7.28. The molecule has 1 fully saturated rings. The predicted octanol–water partition coefficient (Wildman–Crippen LogP) is 1.87. The molecule has 4 heteroatoms. The lowest BCUT2D eigenvalue weighted by Crippen LogP contribution is -2.25. The van der Waals surface area contributed by atoms with Crippen molar-refractivity contribution in [2.75, 3.05) is 19.6 Å². The Labute approximate surface area is 110 Å². The van der Waals surface area contributed by atoms with Crippen LogP contribution in [0.3, 0.4) is 0 Å². The van der Waals surface area contributed by atoms with Crippen molar-refractivity contribution in [3.05, 3.63) is 18.2 Å². The summed E-state index contributed by atoms with van der Waals surface area (Å²) in [5, 5.41) is 3.55. The lowest BCUT2D eigenvalue weighted by Gasteiger charge is -2.18. The van der Waals surface area contributed by atoms with Gasteiger partial charge in [-0.15, -0.1) is 0 Å². The Morgan fingerprint density at radius 1 is 1.39 bits per heavy atom. The highest BCUT2D eigenvalue weighted by molar-refractivity contribution is 4.99. The van der Waals surface area contributed by atoms with Gasteiger partial charge in [0.25, 0.3) is 0 Å². The second-order valence-electron chi connectivity index (χ2n) is 5.11. The second kappa shape index (κ2) is 6.90. The molecule has 18 heavy (non-hydrogen) atoms. The van der Waals surface area contributed by atoms with Crippen molar-refractivity contribution in [1.29, 1.82) is 0 Å². The topological polar surface area (TPSA) is 33.1 Å². The zero-order valence-electron chi connectivity index (χ0n) is 11.7. The molecule has 1 aliphatic rings. The van der Waals surface area contributed by atoms with Gasteiger partial charge in [-0.2, -0.15) is 0 Å². The molecule has 0 aliphatic heterocycles. The van der Waals surface area contributed by atoms with Gasteiger partial charge in [0.1, 0.15) is 0 Å². The number of imidazole rings is 1. The smallest absolute Gasteiger partial charge is 0.0948 e. The Kier molecular flexibility index (Phi) is 5.20. The normalized spacial score (nSPS) is 15.5. The van der Waals surface area contributed by atoms with Gasteiger partial charge >= 0.3 is 0 Å². The maximum absolute atomic E-state index is 4.27. The number of rotatable bonds is 9. The van der Waals surface area contributed by atoms with E-state index >= 15 is 0 Å². The summed E-state index contributed by atoms with van der Waals surface area (Å²) < 4.78 is 2.29. The Balaban J connectivity index is 1.72. The molecule has 4 nitrogen and oxygen atoms in total. The van der Waals surface area contributed by atoms with Crippen molar-refractivity contribution in [3.8, 4) is 0 Å². The van der Waals surface area contributed by atoms with Crippen molar-refractivity contribution in [2.24, 2.45) is 0 Å². The summed E-state index contributed by atoms with van der Waals surface area (Å²) in [5.41, 5.74) is 1.32. The van der Waals surface area contributed by atoms with Crippen LogP contribution in [0.25, 0.3) is 0 Å². The molecule has 0 spiro atoms. The van der Waals surface area contributed by atoms with Crippen molar-refractivity contribution in [1.82, 2.24) is 19.8 Å². The quantitative estimate of drug-likeness (QED) is 0.726. The molecule has 0 saturated heterocycles. The van der Waals surface area contributed by atoms with Crippen LogP contribution < -0.4 is 5.32 Å². The zero-order chi connectivity index (χ0) is 12.8. The van der Waals surface area contributed by atoms with Crippen LogP contribution in [0.4, 0.5) is 0 Å². The van der Waals surface area contributed by atoms with E-state index in [1.165, 1.54) is 31.5 Å². The molecular weight excluding hydrogens is 224 g/mol. The highest BCUT2D eigenvalue weighted by atomic mass is 15.1. The number of aryl methyl sites for hydroxylation is 1. The van der Waals surface area contributed by atoms with Crippen molar-refractivity contribution in [3.63, 3.8) is 0 Å². The summed E-state index contributed by atoms with van der Waals surface area (Å²) in [6.45, 7) is 9.99. The van der Waals surface area contributed by atoms with Crippen LogP contribution in [0.1, 0.15) is 38.8 Å². The lowest BCUT2D eigenvalue weighted by molar-refractivity contribution is 0.292. The molecule has 0 bridgehead atoms. The van der Waals surface area contributed by atoms with Crippen LogP contribution >= 0.6 is 0 Å². The van der Waals surface area contributed by atoms with Crippen LogP contribution in [-0.4, -0.2) is 40.1 Å². The Morgan fingerprint density at radius 2 is 2.17 bits per heavy atom. The van der Waals surface area contributed by atoms with Crippen molar-refractivity contribution < 1.29 is 0 Å². The number of aromatic nitrogens is 2. The molecule has 1 heterocycles. The lowest BCUT2D eigenvalue weighted by atomic mass is 10.3.